The molecule has 2 heterocycles. The molecule has 2 fully saturated rings. The standard InChI is InChI=1S/C13H25NO2/c1-11-6-8-14(10-13(11)15)7-2-4-12-5-3-9-16-12/h11-13,15H,2-10H2,1H3. The van der Waals surface area contributed by atoms with Crippen molar-refractivity contribution in [3.63, 3.8) is 0 Å². The maximum Gasteiger partial charge on any atom is 0.0693 e. The lowest BCUT2D eigenvalue weighted by molar-refractivity contribution is 0.0262. The van der Waals surface area contributed by atoms with E-state index in [2.05, 4.69) is 11.8 Å². The Labute approximate surface area is 98.8 Å². The molecule has 16 heavy (non-hydrogen) atoms. The molecule has 0 bridgehead atoms. The van der Waals surface area contributed by atoms with Crippen molar-refractivity contribution in [1.82, 2.24) is 4.90 Å². The number of aliphatic hydroxyl groups excluding tert-OH is 1. The first-order chi connectivity index (χ1) is 7.75. The fraction of sp³-hybridized carbons (Fsp3) is 1.00. The topological polar surface area (TPSA) is 32.7 Å². The summed E-state index contributed by atoms with van der Waals surface area (Å²) in [7, 11) is 0. The summed E-state index contributed by atoms with van der Waals surface area (Å²) >= 11 is 0. The number of ether oxygens (including phenoxy) is 1. The van der Waals surface area contributed by atoms with Crippen molar-refractivity contribution in [3.8, 4) is 0 Å². The van der Waals surface area contributed by atoms with E-state index < -0.39 is 0 Å². The average Bonchev–Trinajstić information content (AvgIpc) is 2.76. The Balaban J connectivity index is 1.59. The molecule has 2 aliphatic rings. The Morgan fingerprint density at radius 2 is 2.25 bits per heavy atom. The average molecular weight is 227 g/mol. The Morgan fingerprint density at radius 1 is 1.38 bits per heavy atom. The van der Waals surface area contributed by atoms with Gasteiger partial charge in [-0.1, -0.05) is 6.92 Å². The number of likely N-dealkylation sites (tertiary alicyclic amines) is 1. The lowest BCUT2D eigenvalue weighted by Crippen LogP contribution is -2.43. The first-order valence-electron chi connectivity index (χ1n) is 6.77. The molecule has 0 spiro atoms. The van der Waals surface area contributed by atoms with Crippen molar-refractivity contribution >= 4 is 0 Å². The van der Waals surface area contributed by atoms with Crippen LogP contribution in [-0.2, 0) is 4.74 Å². The van der Waals surface area contributed by atoms with E-state index in [1.807, 2.05) is 0 Å². The fourth-order valence-corrected chi connectivity index (χ4v) is 2.73. The first-order valence-corrected chi connectivity index (χ1v) is 6.77. The number of hydrogen-bond donors (Lipinski definition) is 1. The van der Waals surface area contributed by atoms with Crippen molar-refractivity contribution in [1.29, 1.82) is 0 Å². The minimum atomic E-state index is -0.114. The lowest BCUT2D eigenvalue weighted by Gasteiger charge is -2.34. The highest BCUT2D eigenvalue weighted by Gasteiger charge is 2.24. The molecule has 3 heteroatoms. The van der Waals surface area contributed by atoms with Crippen molar-refractivity contribution in [2.45, 2.75) is 51.2 Å². The van der Waals surface area contributed by atoms with Gasteiger partial charge in [-0.15, -0.1) is 0 Å². The highest BCUT2D eigenvalue weighted by atomic mass is 16.5. The van der Waals surface area contributed by atoms with Gasteiger partial charge in [0, 0.05) is 13.2 Å². The van der Waals surface area contributed by atoms with E-state index in [1.54, 1.807) is 0 Å². The van der Waals surface area contributed by atoms with E-state index in [-0.39, 0.29) is 6.10 Å². The van der Waals surface area contributed by atoms with Crippen LogP contribution in [0.15, 0.2) is 0 Å². The second-order valence-electron chi connectivity index (χ2n) is 5.41. The van der Waals surface area contributed by atoms with Crippen LogP contribution in [0.3, 0.4) is 0 Å². The van der Waals surface area contributed by atoms with E-state index in [0.717, 1.165) is 32.7 Å². The third-order valence-corrected chi connectivity index (χ3v) is 4.03. The summed E-state index contributed by atoms with van der Waals surface area (Å²) in [5.74, 6) is 0.481. The Kier molecular flexibility index (Phi) is 4.62. The van der Waals surface area contributed by atoms with Crippen LogP contribution in [0.5, 0.6) is 0 Å². The van der Waals surface area contributed by atoms with Crippen molar-refractivity contribution in [2.24, 2.45) is 5.92 Å². The van der Waals surface area contributed by atoms with E-state index in [0.29, 0.717) is 12.0 Å². The second-order valence-corrected chi connectivity index (χ2v) is 5.41. The minimum Gasteiger partial charge on any atom is -0.392 e. The van der Waals surface area contributed by atoms with Crippen LogP contribution in [0.1, 0.15) is 39.0 Å². The quantitative estimate of drug-likeness (QED) is 0.792. The summed E-state index contributed by atoms with van der Waals surface area (Å²) in [6, 6.07) is 0. The van der Waals surface area contributed by atoms with Crippen LogP contribution in [0.2, 0.25) is 0 Å². The largest absolute Gasteiger partial charge is 0.392 e. The molecule has 2 aliphatic heterocycles. The van der Waals surface area contributed by atoms with Gasteiger partial charge in [0.25, 0.3) is 0 Å². The van der Waals surface area contributed by atoms with Crippen LogP contribution >= 0.6 is 0 Å². The van der Waals surface area contributed by atoms with Gasteiger partial charge in [0.2, 0.25) is 0 Å². The first kappa shape index (κ1) is 12.3. The zero-order chi connectivity index (χ0) is 11.4. The van der Waals surface area contributed by atoms with Crippen LogP contribution in [-0.4, -0.2) is 48.5 Å². The molecule has 0 aromatic heterocycles. The van der Waals surface area contributed by atoms with E-state index in [9.17, 15) is 5.11 Å². The predicted molar refractivity (Wildman–Crippen MR) is 64.4 cm³/mol. The van der Waals surface area contributed by atoms with Gasteiger partial charge in [-0.25, -0.2) is 0 Å². The fourth-order valence-electron chi connectivity index (χ4n) is 2.73. The molecule has 94 valence electrons. The summed E-state index contributed by atoms with van der Waals surface area (Å²) < 4.78 is 5.61. The van der Waals surface area contributed by atoms with Gasteiger partial charge in [-0.05, 0) is 51.1 Å². The summed E-state index contributed by atoms with van der Waals surface area (Å²) in [5.41, 5.74) is 0. The van der Waals surface area contributed by atoms with E-state index in [4.69, 9.17) is 4.74 Å². The van der Waals surface area contributed by atoms with Crippen molar-refractivity contribution in [3.05, 3.63) is 0 Å². The predicted octanol–water partition coefficient (Wildman–Crippen LogP) is 1.65. The Morgan fingerprint density at radius 3 is 2.94 bits per heavy atom. The smallest absolute Gasteiger partial charge is 0.0693 e. The zero-order valence-electron chi connectivity index (χ0n) is 10.4. The lowest BCUT2D eigenvalue weighted by atomic mass is 9.96. The molecule has 3 unspecified atom stereocenters. The third-order valence-electron chi connectivity index (χ3n) is 4.03. The van der Waals surface area contributed by atoms with Gasteiger partial charge >= 0.3 is 0 Å². The molecule has 2 saturated heterocycles. The van der Waals surface area contributed by atoms with Crippen LogP contribution in [0.25, 0.3) is 0 Å². The highest BCUT2D eigenvalue weighted by molar-refractivity contribution is 4.77. The number of rotatable bonds is 4. The van der Waals surface area contributed by atoms with E-state index >= 15 is 0 Å². The molecule has 3 atom stereocenters. The van der Waals surface area contributed by atoms with Gasteiger partial charge in [0.1, 0.15) is 0 Å². The summed E-state index contributed by atoms with van der Waals surface area (Å²) in [5, 5.41) is 9.79. The van der Waals surface area contributed by atoms with Crippen LogP contribution < -0.4 is 0 Å². The second kappa shape index (κ2) is 5.99. The molecule has 1 N–H and O–H groups in total. The summed E-state index contributed by atoms with van der Waals surface area (Å²) in [6.45, 7) is 6.26. The highest BCUT2D eigenvalue weighted by Crippen LogP contribution is 2.19. The van der Waals surface area contributed by atoms with Gasteiger partial charge < -0.3 is 14.7 Å². The molecule has 0 aromatic carbocycles. The number of piperidine rings is 1. The zero-order valence-corrected chi connectivity index (χ0v) is 10.4. The third kappa shape index (κ3) is 3.44. The maximum atomic E-state index is 9.79. The monoisotopic (exact) mass is 227 g/mol. The normalized spacial score (nSPS) is 36.8. The van der Waals surface area contributed by atoms with Crippen molar-refractivity contribution < 1.29 is 9.84 Å². The molecular formula is C13H25NO2. The molecular weight excluding hydrogens is 202 g/mol. The van der Waals surface area contributed by atoms with E-state index in [1.165, 1.54) is 25.7 Å². The number of β-amino-alcohol motifs (C(OH)–C–C–N with tert-alkyl or cyclic N) is 1. The molecule has 2 rings (SSSR count). The molecule has 3 nitrogen and oxygen atoms in total. The SMILES string of the molecule is CC1CCN(CCCC2CCCO2)CC1O. The molecule has 0 radical (unpaired) electrons. The molecule has 0 aromatic rings. The number of aliphatic hydroxyl groups is 1. The Bertz CT molecular complexity index is 204. The number of nitrogens with zero attached hydrogens (tertiary/aromatic N) is 1. The maximum absolute atomic E-state index is 9.79. The number of hydrogen-bond acceptors (Lipinski definition) is 3. The molecule has 0 amide bonds. The van der Waals surface area contributed by atoms with Crippen LogP contribution in [0.4, 0.5) is 0 Å². The molecule has 0 saturated carbocycles. The van der Waals surface area contributed by atoms with Gasteiger partial charge in [-0.2, -0.15) is 0 Å². The van der Waals surface area contributed by atoms with Crippen LogP contribution in [0, 0.1) is 5.92 Å². The van der Waals surface area contributed by atoms with Gasteiger partial charge in [-0.3, -0.25) is 0 Å². The molecule has 0 aliphatic carbocycles. The van der Waals surface area contributed by atoms with Gasteiger partial charge in [0.05, 0.1) is 12.2 Å². The minimum absolute atomic E-state index is 0.114. The van der Waals surface area contributed by atoms with Crippen molar-refractivity contribution in [2.75, 3.05) is 26.2 Å². The van der Waals surface area contributed by atoms with Gasteiger partial charge in [0.15, 0.2) is 0 Å². The Hall–Kier alpha value is -0.120. The summed E-state index contributed by atoms with van der Waals surface area (Å²) in [4.78, 5) is 2.40. The summed E-state index contributed by atoms with van der Waals surface area (Å²) in [6.07, 6.45) is 6.45.